The van der Waals surface area contributed by atoms with Crippen molar-refractivity contribution in [1.29, 1.82) is 0 Å². The zero-order chi connectivity index (χ0) is 51.1. The molecule has 0 saturated heterocycles. The van der Waals surface area contributed by atoms with Gasteiger partial charge in [0.15, 0.2) is 0 Å². The molecule has 0 atom stereocenters. The molecular weight excluding hydrogens is 1130 g/mol. The number of para-hydroxylation sites is 1. The molecular formula is C73H46IrN4-4. The van der Waals surface area contributed by atoms with Crippen LogP contribution in [-0.4, -0.2) is 9.97 Å². The summed E-state index contributed by atoms with van der Waals surface area (Å²) in [5.74, 6) is 0. The molecule has 371 valence electrons. The van der Waals surface area contributed by atoms with E-state index in [-0.39, 0.29) is 20.1 Å². The van der Waals surface area contributed by atoms with Crippen molar-refractivity contribution >= 4 is 17.1 Å². The number of nitrogens with one attached hydrogen (secondary N) is 1. The molecule has 2 aliphatic rings. The fraction of sp³-hybridized carbons (Fsp3) is 0. The summed E-state index contributed by atoms with van der Waals surface area (Å²) < 4.78 is 0. The molecule has 10 aromatic carbocycles. The van der Waals surface area contributed by atoms with E-state index in [1.165, 1.54) is 22.3 Å². The average Bonchev–Trinajstić information content (AvgIpc) is 4.01. The van der Waals surface area contributed by atoms with Gasteiger partial charge in [-0.15, -0.1) is 76.9 Å². The molecule has 0 saturated carbocycles. The predicted molar refractivity (Wildman–Crippen MR) is 316 cm³/mol. The summed E-state index contributed by atoms with van der Waals surface area (Å²) in [6.45, 7) is 2.08. The molecule has 0 spiro atoms. The van der Waals surface area contributed by atoms with Crippen molar-refractivity contribution < 1.29 is 20.1 Å². The largest absolute Gasteiger partial charge is 0.514 e. The van der Waals surface area contributed by atoms with Crippen LogP contribution in [0.3, 0.4) is 0 Å². The van der Waals surface area contributed by atoms with Gasteiger partial charge in [-0.3, -0.25) is 0 Å². The van der Waals surface area contributed by atoms with E-state index in [1.807, 2.05) is 54.9 Å². The van der Waals surface area contributed by atoms with Crippen LogP contribution in [0.1, 0.15) is 11.1 Å². The quantitative estimate of drug-likeness (QED) is 0.139. The molecule has 14 rings (SSSR count). The van der Waals surface area contributed by atoms with Gasteiger partial charge in [0, 0.05) is 49.5 Å². The number of fused-ring (bicyclic) bond motifs is 6. The van der Waals surface area contributed by atoms with Gasteiger partial charge in [-0.25, -0.2) is 0 Å². The van der Waals surface area contributed by atoms with E-state index in [9.17, 15) is 0 Å². The molecule has 0 bridgehead atoms. The minimum absolute atomic E-state index is 0. The van der Waals surface area contributed by atoms with Gasteiger partial charge in [0.1, 0.15) is 0 Å². The third-order valence-electron chi connectivity index (χ3n) is 14.8. The van der Waals surface area contributed by atoms with Crippen LogP contribution in [0.15, 0.2) is 267 Å². The maximum absolute atomic E-state index is 5.11. The average molecular weight is 1170 g/mol. The topological polar surface area (TPSA) is 41.0 Å². The third-order valence-corrected chi connectivity index (χ3v) is 14.8. The number of hydrogen-bond donors (Lipinski definition) is 1. The summed E-state index contributed by atoms with van der Waals surface area (Å²) in [5, 5.41) is 3.75. The minimum atomic E-state index is 0. The second kappa shape index (κ2) is 20.9. The van der Waals surface area contributed by atoms with Crippen LogP contribution in [0, 0.1) is 24.9 Å². The predicted octanol–water partition coefficient (Wildman–Crippen LogP) is 17.9. The van der Waals surface area contributed by atoms with Crippen LogP contribution in [0.25, 0.3) is 123 Å². The van der Waals surface area contributed by atoms with Crippen LogP contribution in [0.4, 0.5) is 5.69 Å². The number of anilines is 1. The number of aromatic nitrogens is 2. The molecule has 4 nitrogen and oxygen atoms in total. The van der Waals surface area contributed by atoms with E-state index in [2.05, 4.69) is 247 Å². The molecule has 0 fully saturated rings. The van der Waals surface area contributed by atoms with Crippen LogP contribution in [-0.2, 0) is 20.1 Å². The van der Waals surface area contributed by atoms with Crippen molar-refractivity contribution in [2.45, 2.75) is 0 Å². The number of hydrogen-bond acceptors (Lipinski definition) is 4. The number of benzene rings is 10. The molecule has 2 aliphatic heterocycles. The fourth-order valence-corrected chi connectivity index (χ4v) is 11.1. The molecule has 0 amide bonds. The van der Waals surface area contributed by atoms with E-state index in [1.54, 1.807) is 0 Å². The summed E-state index contributed by atoms with van der Waals surface area (Å²) in [5.41, 5.74) is 27.0. The second-order valence-corrected chi connectivity index (χ2v) is 19.4. The monoisotopic (exact) mass is 1170 g/mol. The van der Waals surface area contributed by atoms with Gasteiger partial charge < -0.3 is 20.2 Å². The van der Waals surface area contributed by atoms with Gasteiger partial charge in [-0.2, -0.15) is 30.9 Å². The molecule has 5 heteroatoms. The van der Waals surface area contributed by atoms with E-state index in [4.69, 9.17) is 9.97 Å². The Balaban J connectivity index is 0.00000579. The molecule has 0 aliphatic carbocycles. The number of rotatable bonds is 10. The third kappa shape index (κ3) is 8.95. The maximum atomic E-state index is 5.11. The second-order valence-electron chi connectivity index (χ2n) is 19.4. The van der Waals surface area contributed by atoms with Crippen LogP contribution < -0.4 is 10.2 Å². The van der Waals surface area contributed by atoms with Crippen LogP contribution in [0.5, 0.6) is 0 Å². The van der Waals surface area contributed by atoms with Gasteiger partial charge in [0.05, 0.1) is 0 Å². The molecule has 12 aromatic rings. The van der Waals surface area contributed by atoms with Gasteiger partial charge in [0.25, 0.3) is 0 Å². The van der Waals surface area contributed by atoms with Crippen LogP contribution in [0.2, 0.25) is 0 Å². The number of pyridine rings is 2. The Morgan fingerprint density at radius 3 is 1.37 bits per heavy atom. The Labute approximate surface area is 469 Å². The van der Waals surface area contributed by atoms with Crippen molar-refractivity contribution in [2.24, 2.45) is 0 Å². The Morgan fingerprint density at radius 2 is 0.782 bits per heavy atom. The first-order chi connectivity index (χ1) is 38.2. The maximum Gasteiger partial charge on any atom is 0.0400 e. The van der Waals surface area contributed by atoms with Crippen molar-refractivity contribution in [3.63, 3.8) is 0 Å². The number of nitrogens with zero attached hydrogens (tertiary/aromatic N) is 3. The minimum Gasteiger partial charge on any atom is -0.514 e. The van der Waals surface area contributed by atoms with Gasteiger partial charge >= 0.3 is 0 Å². The molecule has 1 radical (unpaired) electrons. The molecule has 2 aromatic heterocycles. The van der Waals surface area contributed by atoms with Crippen LogP contribution >= 0.6 is 0 Å². The standard InChI is InChI=1S/C73H46N4.Ir/c1-3-18-49(19-4-1)50-34-36-51(37-35-50)53-22-17-23-54(42-53)70-41-39-56(47-75-70)61-25-8-10-27-63(61)58-43-57(62-26-9-7-24-60(62)55-38-40-69(74-46-55)52-20-5-2-6-21-52)44-59(45-58)64-28-11-13-31-67(64)72-73-68-32-14-12-29-65(68)66-30-15-16-33-71(66)77(73)48-76-72;/h1-20,22,24-32,34-48,76H;/q-4;. The van der Waals surface area contributed by atoms with Gasteiger partial charge in [0.2, 0.25) is 0 Å². The smallest absolute Gasteiger partial charge is 0.0400 e. The van der Waals surface area contributed by atoms with Crippen molar-refractivity contribution in [2.75, 3.05) is 4.90 Å². The summed E-state index contributed by atoms with van der Waals surface area (Å²) >= 11 is 0. The Morgan fingerprint density at radius 1 is 0.321 bits per heavy atom. The van der Waals surface area contributed by atoms with E-state index < -0.39 is 0 Å². The summed E-state index contributed by atoms with van der Waals surface area (Å²) in [4.78, 5) is 12.3. The van der Waals surface area contributed by atoms with Crippen molar-refractivity contribution in [1.82, 2.24) is 15.3 Å². The SMILES string of the molecule is [Ir].[c-]1ccccc1-c1ccc(-c2ccccc2-c2cc(-c3ccccc3C3=C4c5ccccc5-c5ccc[c-]c5N4[CH-]N3)cc(-c3ccccc3-c3ccc(-c4[c-]ccc(-c5ccc(-c6ccccc6)cc5)c4)nc3)c2)cn1. The van der Waals surface area contributed by atoms with E-state index >= 15 is 0 Å². The molecule has 0 unspecified atom stereocenters. The first-order valence-corrected chi connectivity index (χ1v) is 25.9. The van der Waals surface area contributed by atoms with Gasteiger partial charge in [-0.05, 0) is 107 Å². The first kappa shape index (κ1) is 48.2. The van der Waals surface area contributed by atoms with Gasteiger partial charge in [-0.1, -0.05) is 187 Å². The fourth-order valence-electron chi connectivity index (χ4n) is 11.1. The first-order valence-electron chi connectivity index (χ1n) is 25.9. The Kier molecular flexibility index (Phi) is 12.9. The van der Waals surface area contributed by atoms with E-state index in [0.717, 1.165) is 117 Å². The Bertz CT molecular complexity index is 4190. The zero-order valence-electron chi connectivity index (χ0n) is 42.2. The van der Waals surface area contributed by atoms with Crippen molar-refractivity contribution in [3.05, 3.63) is 303 Å². The van der Waals surface area contributed by atoms with Crippen molar-refractivity contribution in [3.8, 4) is 112 Å². The molecule has 1 N–H and O–H groups in total. The molecule has 78 heavy (non-hydrogen) atoms. The normalized spacial score (nSPS) is 12.2. The zero-order valence-corrected chi connectivity index (χ0v) is 44.6. The summed E-state index contributed by atoms with van der Waals surface area (Å²) in [6, 6.07) is 101. The Hall–Kier alpha value is -9.51. The molecule has 4 heterocycles. The van der Waals surface area contributed by atoms with E-state index in [0.29, 0.717) is 0 Å². The summed E-state index contributed by atoms with van der Waals surface area (Å²) in [6.07, 6.45) is 3.99. The summed E-state index contributed by atoms with van der Waals surface area (Å²) in [7, 11) is 0.